The molecule has 2 aromatic carbocycles. The van der Waals surface area contributed by atoms with Crippen LogP contribution < -0.4 is 20.2 Å². The number of halogens is 3. The van der Waals surface area contributed by atoms with Crippen LogP contribution in [0.3, 0.4) is 0 Å². The summed E-state index contributed by atoms with van der Waals surface area (Å²) in [6.07, 6.45) is -4.73. The van der Waals surface area contributed by atoms with Crippen molar-refractivity contribution < 1.29 is 32.2 Å². The maximum absolute atomic E-state index is 12.7. The van der Waals surface area contributed by atoms with Crippen LogP contribution in [-0.4, -0.2) is 31.7 Å². The van der Waals surface area contributed by atoms with E-state index in [1.807, 2.05) is 0 Å². The molecule has 0 aliphatic rings. The molecule has 2 N–H and O–H groups in total. The normalized spacial score (nSPS) is 11.6. The molecule has 0 bridgehead atoms. The van der Waals surface area contributed by atoms with Crippen molar-refractivity contribution in [2.24, 2.45) is 5.10 Å². The molecule has 0 atom stereocenters. The van der Waals surface area contributed by atoms with Crippen LogP contribution in [0, 0.1) is 0 Å². The first-order chi connectivity index (χ1) is 14.1. The lowest BCUT2D eigenvalue weighted by atomic mass is 10.2. The average Bonchev–Trinajstić information content (AvgIpc) is 2.70. The van der Waals surface area contributed by atoms with Gasteiger partial charge in [-0.15, -0.1) is 0 Å². The summed E-state index contributed by atoms with van der Waals surface area (Å²) in [6, 6.07) is 8.84. The quantitative estimate of drug-likeness (QED) is 0.523. The van der Waals surface area contributed by atoms with Gasteiger partial charge in [-0.2, -0.15) is 18.3 Å². The topological polar surface area (TPSA) is 89.0 Å². The Morgan fingerprint density at radius 2 is 1.73 bits per heavy atom. The van der Waals surface area contributed by atoms with Crippen LogP contribution in [0.15, 0.2) is 47.6 Å². The van der Waals surface area contributed by atoms with E-state index < -0.39 is 23.6 Å². The molecule has 0 fully saturated rings. The smallest absolute Gasteiger partial charge is 0.416 e. The third-order valence-electron chi connectivity index (χ3n) is 3.88. The van der Waals surface area contributed by atoms with Crippen LogP contribution in [0.4, 0.5) is 18.9 Å². The molecule has 0 aromatic heterocycles. The highest BCUT2D eigenvalue weighted by Gasteiger charge is 2.30. The molecular formula is C20H20F3N3O4. The number of rotatable bonds is 7. The van der Waals surface area contributed by atoms with Gasteiger partial charge in [-0.1, -0.05) is 6.07 Å². The fourth-order valence-corrected chi connectivity index (χ4v) is 2.44. The van der Waals surface area contributed by atoms with E-state index in [0.29, 0.717) is 11.5 Å². The van der Waals surface area contributed by atoms with Gasteiger partial charge in [0.1, 0.15) is 0 Å². The van der Waals surface area contributed by atoms with Crippen LogP contribution in [0.2, 0.25) is 0 Å². The van der Waals surface area contributed by atoms with Gasteiger partial charge in [-0.05, 0) is 43.3 Å². The van der Waals surface area contributed by atoms with E-state index in [1.54, 1.807) is 6.07 Å². The van der Waals surface area contributed by atoms with E-state index in [9.17, 15) is 22.8 Å². The Hall–Kier alpha value is -3.56. The first-order valence-electron chi connectivity index (χ1n) is 8.66. The Balaban J connectivity index is 1.96. The molecule has 7 nitrogen and oxygen atoms in total. The number of nitrogens with one attached hydrogen (secondary N) is 2. The first-order valence-corrected chi connectivity index (χ1v) is 8.66. The van der Waals surface area contributed by atoms with Crippen LogP contribution >= 0.6 is 0 Å². The van der Waals surface area contributed by atoms with Gasteiger partial charge in [0.15, 0.2) is 11.5 Å². The molecule has 2 aromatic rings. The summed E-state index contributed by atoms with van der Waals surface area (Å²) < 4.78 is 48.4. The Kier molecular flexibility index (Phi) is 7.40. The molecule has 0 radical (unpaired) electrons. The zero-order chi connectivity index (χ0) is 22.3. The zero-order valence-electron chi connectivity index (χ0n) is 16.5. The number of ether oxygens (including phenoxy) is 2. The van der Waals surface area contributed by atoms with Crippen molar-refractivity contribution in [2.45, 2.75) is 19.5 Å². The Bertz CT molecular complexity index is 959. The van der Waals surface area contributed by atoms with Gasteiger partial charge in [-0.3, -0.25) is 9.59 Å². The molecule has 0 aliphatic heterocycles. The van der Waals surface area contributed by atoms with E-state index in [4.69, 9.17) is 9.47 Å². The van der Waals surface area contributed by atoms with Crippen molar-refractivity contribution in [3.63, 3.8) is 0 Å². The number of methoxy groups -OCH3 is 2. The van der Waals surface area contributed by atoms with Gasteiger partial charge in [0.25, 0.3) is 5.91 Å². The van der Waals surface area contributed by atoms with Crippen LogP contribution in [0.5, 0.6) is 11.5 Å². The average molecular weight is 423 g/mol. The first kappa shape index (κ1) is 22.7. The lowest BCUT2D eigenvalue weighted by Gasteiger charge is -2.10. The third-order valence-corrected chi connectivity index (χ3v) is 3.88. The van der Waals surface area contributed by atoms with Gasteiger partial charge >= 0.3 is 6.18 Å². The zero-order valence-corrected chi connectivity index (χ0v) is 16.5. The second-order valence-electron chi connectivity index (χ2n) is 6.16. The van der Waals surface area contributed by atoms with E-state index in [1.165, 1.54) is 45.4 Å². The van der Waals surface area contributed by atoms with E-state index >= 15 is 0 Å². The summed E-state index contributed by atoms with van der Waals surface area (Å²) in [5.74, 6) is -0.282. The Morgan fingerprint density at radius 3 is 2.37 bits per heavy atom. The van der Waals surface area contributed by atoms with Crippen molar-refractivity contribution in [2.75, 3.05) is 19.5 Å². The van der Waals surface area contributed by atoms with E-state index in [0.717, 1.165) is 12.1 Å². The number of nitrogens with zero attached hydrogens (tertiary/aromatic N) is 1. The predicted octanol–water partition coefficient (Wildman–Crippen LogP) is 3.86. The standard InChI is InChI=1S/C20H20F3N3O4/c1-12(9-18(27)24-15-6-4-5-14(11-15)20(21,22)23)25-26-19(28)13-7-8-16(29-2)17(10-13)30-3/h4-8,10-11H,9H2,1-3H3,(H,24,27)(H,26,28)/b25-12+. The molecule has 0 saturated carbocycles. The molecule has 10 heteroatoms. The van der Waals surface area contributed by atoms with E-state index in [-0.39, 0.29) is 23.4 Å². The number of alkyl halides is 3. The summed E-state index contributed by atoms with van der Waals surface area (Å²) >= 11 is 0. The van der Waals surface area contributed by atoms with Crippen LogP contribution in [-0.2, 0) is 11.0 Å². The molecule has 0 unspecified atom stereocenters. The van der Waals surface area contributed by atoms with Crippen LogP contribution in [0.25, 0.3) is 0 Å². The Labute approximate surface area is 170 Å². The van der Waals surface area contributed by atoms with E-state index in [2.05, 4.69) is 15.8 Å². The Morgan fingerprint density at radius 1 is 1.03 bits per heavy atom. The summed E-state index contributed by atoms with van der Waals surface area (Å²) in [6.45, 7) is 1.50. The molecule has 2 amide bonds. The second-order valence-corrected chi connectivity index (χ2v) is 6.16. The number of hydrogen-bond donors (Lipinski definition) is 2. The highest BCUT2D eigenvalue weighted by molar-refractivity contribution is 6.06. The number of amides is 2. The third kappa shape index (κ3) is 6.23. The lowest BCUT2D eigenvalue weighted by molar-refractivity contribution is -0.137. The van der Waals surface area contributed by atoms with Crippen molar-refractivity contribution in [1.82, 2.24) is 5.43 Å². The second kappa shape index (κ2) is 9.77. The number of benzene rings is 2. The number of hydrogen-bond acceptors (Lipinski definition) is 5. The summed E-state index contributed by atoms with van der Waals surface area (Å²) in [7, 11) is 2.90. The molecule has 0 spiro atoms. The molecule has 0 saturated heterocycles. The monoisotopic (exact) mass is 423 g/mol. The number of hydrazone groups is 1. The molecule has 0 aliphatic carbocycles. The van der Waals surface area contributed by atoms with Crippen molar-refractivity contribution in [3.8, 4) is 11.5 Å². The maximum atomic E-state index is 12.7. The minimum atomic E-state index is -4.51. The largest absolute Gasteiger partial charge is 0.493 e. The molecule has 2 rings (SSSR count). The maximum Gasteiger partial charge on any atom is 0.416 e. The minimum Gasteiger partial charge on any atom is -0.493 e. The molecule has 0 heterocycles. The van der Waals surface area contributed by atoms with Crippen molar-refractivity contribution in [1.29, 1.82) is 0 Å². The van der Waals surface area contributed by atoms with Gasteiger partial charge in [-0.25, -0.2) is 5.43 Å². The molecule has 30 heavy (non-hydrogen) atoms. The fraction of sp³-hybridized carbons (Fsp3) is 0.250. The number of anilines is 1. The number of carbonyl (C=O) groups excluding carboxylic acids is 2. The van der Waals surface area contributed by atoms with Gasteiger partial charge in [0.05, 0.1) is 26.2 Å². The SMILES string of the molecule is COc1ccc(C(=O)N/N=C(\C)CC(=O)Nc2cccc(C(F)(F)F)c2)cc1OC. The van der Waals surface area contributed by atoms with Gasteiger partial charge in [0.2, 0.25) is 5.91 Å². The van der Waals surface area contributed by atoms with Crippen LogP contribution in [0.1, 0.15) is 29.3 Å². The van der Waals surface area contributed by atoms with Gasteiger partial charge < -0.3 is 14.8 Å². The predicted molar refractivity (Wildman–Crippen MR) is 105 cm³/mol. The minimum absolute atomic E-state index is 0.0111. The number of carbonyl (C=O) groups is 2. The van der Waals surface area contributed by atoms with Gasteiger partial charge in [0, 0.05) is 17.0 Å². The highest BCUT2D eigenvalue weighted by Crippen LogP contribution is 2.30. The van der Waals surface area contributed by atoms with Crippen molar-refractivity contribution >= 4 is 23.2 Å². The summed E-state index contributed by atoms with van der Waals surface area (Å²) in [5, 5.41) is 6.21. The summed E-state index contributed by atoms with van der Waals surface area (Å²) in [5.41, 5.74) is 1.97. The highest BCUT2D eigenvalue weighted by atomic mass is 19.4. The lowest BCUT2D eigenvalue weighted by Crippen LogP contribution is -2.21. The summed E-state index contributed by atoms with van der Waals surface area (Å²) in [4.78, 5) is 24.2. The van der Waals surface area contributed by atoms with Crippen molar-refractivity contribution in [3.05, 3.63) is 53.6 Å². The fourth-order valence-electron chi connectivity index (χ4n) is 2.44. The molecule has 160 valence electrons. The molecular weight excluding hydrogens is 403 g/mol.